The monoisotopic (exact) mass is 428 g/mol. The zero-order valence-corrected chi connectivity index (χ0v) is 18.5. The molecule has 2 aromatic rings. The summed E-state index contributed by atoms with van der Waals surface area (Å²) in [7, 11) is 0. The van der Waals surface area contributed by atoms with E-state index in [4.69, 9.17) is 9.15 Å². The van der Waals surface area contributed by atoms with E-state index < -0.39 is 35.6 Å². The quantitative estimate of drug-likeness (QED) is 0.412. The van der Waals surface area contributed by atoms with Crippen molar-refractivity contribution in [2.45, 2.75) is 65.5 Å². The molecule has 0 spiro atoms. The van der Waals surface area contributed by atoms with Gasteiger partial charge in [0, 0.05) is 17.0 Å². The Morgan fingerprint density at radius 1 is 1.16 bits per heavy atom. The summed E-state index contributed by atoms with van der Waals surface area (Å²) in [6.07, 6.45) is 0.867. The number of rotatable bonds is 7. The molecular weight excluding hydrogens is 400 g/mol. The molecule has 0 saturated carbocycles. The van der Waals surface area contributed by atoms with Crippen LogP contribution in [-0.2, 0) is 20.9 Å². The Morgan fingerprint density at radius 2 is 1.84 bits per heavy atom. The summed E-state index contributed by atoms with van der Waals surface area (Å²) in [4.78, 5) is 50.1. The van der Waals surface area contributed by atoms with Gasteiger partial charge in [0.25, 0.3) is 5.91 Å². The third-order valence-electron chi connectivity index (χ3n) is 5.97. The van der Waals surface area contributed by atoms with Gasteiger partial charge in [-0.2, -0.15) is 0 Å². The van der Waals surface area contributed by atoms with Crippen LogP contribution >= 0.6 is 0 Å². The SMILES string of the molecule is CCC1(CC)NC(=O)N(CC(=O)OCc2cc(=O)oc3cc(C)c(C(C)C)cc23)C1=O. The number of benzene rings is 1. The summed E-state index contributed by atoms with van der Waals surface area (Å²) in [5.74, 6) is -0.893. The van der Waals surface area contributed by atoms with Crippen LogP contribution in [0, 0.1) is 6.92 Å². The molecule has 0 bridgehead atoms. The molecule has 8 nitrogen and oxygen atoms in total. The molecule has 1 aromatic heterocycles. The van der Waals surface area contributed by atoms with E-state index in [1.165, 1.54) is 6.07 Å². The number of nitrogens with one attached hydrogen (secondary N) is 1. The Morgan fingerprint density at radius 3 is 2.42 bits per heavy atom. The predicted octanol–water partition coefficient (Wildman–Crippen LogP) is 3.38. The number of ether oxygens (including phenoxy) is 1. The predicted molar refractivity (Wildman–Crippen MR) is 115 cm³/mol. The number of fused-ring (bicyclic) bond motifs is 1. The Kier molecular flexibility index (Phi) is 6.20. The van der Waals surface area contributed by atoms with Gasteiger partial charge in [-0.1, -0.05) is 27.7 Å². The van der Waals surface area contributed by atoms with Crippen molar-refractivity contribution in [3.63, 3.8) is 0 Å². The van der Waals surface area contributed by atoms with Gasteiger partial charge in [-0.15, -0.1) is 0 Å². The number of nitrogens with zero attached hydrogens (tertiary/aromatic N) is 1. The van der Waals surface area contributed by atoms with Crippen LogP contribution in [0.2, 0.25) is 0 Å². The van der Waals surface area contributed by atoms with Gasteiger partial charge >= 0.3 is 17.6 Å². The molecule has 8 heteroatoms. The summed E-state index contributed by atoms with van der Waals surface area (Å²) < 4.78 is 10.6. The van der Waals surface area contributed by atoms with E-state index in [1.54, 1.807) is 6.07 Å². The number of esters is 1. The van der Waals surface area contributed by atoms with Crippen LogP contribution in [0.25, 0.3) is 11.0 Å². The summed E-state index contributed by atoms with van der Waals surface area (Å²) >= 11 is 0. The lowest BCUT2D eigenvalue weighted by Crippen LogP contribution is -2.46. The van der Waals surface area contributed by atoms with Gasteiger partial charge in [0.2, 0.25) is 0 Å². The zero-order chi connectivity index (χ0) is 22.9. The molecule has 1 fully saturated rings. The number of aryl methyl sites for hydroxylation is 1. The van der Waals surface area contributed by atoms with E-state index in [-0.39, 0.29) is 12.5 Å². The highest BCUT2D eigenvalue weighted by atomic mass is 16.5. The maximum absolute atomic E-state index is 12.6. The maximum atomic E-state index is 12.6. The van der Waals surface area contributed by atoms with Crippen molar-refractivity contribution in [3.8, 4) is 0 Å². The summed E-state index contributed by atoms with van der Waals surface area (Å²) in [5, 5.41) is 3.36. The number of urea groups is 1. The highest BCUT2D eigenvalue weighted by molar-refractivity contribution is 6.08. The molecule has 31 heavy (non-hydrogen) atoms. The molecule has 0 unspecified atom stereocenters. The minimum absolute atomic E-state index is 0.169. The van der Waals surface area contributed by atoms with E-state index in [0.717, 1.165) is 16.0 Å². The van der Waals surface area contributed by atoms with Gasteiger partial charge in [-0.25, -0.2) is 9.59 Å². The van der Waals surface area contributed by atoms with Gasteiger partial charge < -0.3 is 14.5 Å². The number of hydrogen-bond donors (Lipinski definition) is 1. The first kappa shape index (κ1) is 22.5. The van der Waals surface area contributed by atoms with E-state index >= 15 is 0 Å². The average Bonchev–Trinajstić information content (AvgIpc) is 2.95. The molecule has 1 saturated heterocycles. The lowest BCUT2D eigenvalue weighted by atomic mass is 9.93. The molecule has 1 aliphatic rings. The normalized spacial score (nSPS) is 15.6. The molecule has 3 amide bonds. The largest absolute Gasteiger partial charge is 0.459 e. The van der Waals surface area contributed by atoms with E-state index in [1.807, 2.05) is 26.8 Å². The van der Waals surface area contributed by atoms with Crippen LogP contribution in [0.5, 0.6) is 0 Å². The van der Waals surface area contributed by atoms with Crippen molar-refractivity contribution < 1.29 is 23.5 Å². The molecule has 2 heterocycles. The van der Waals surface area contributed by atoms with Crippen LogP contribution < -0.4 is 10.9 Å². The smallest absolute Gasteiger partial charge is 0.336 e. The first-order valence-corrected chi connectivity index (χ1v) is 10.5. The van der Waals surface area contributed by atoms with Gasteiger partial charge in [-0.3, -0.25) is 14.5 Å². The number of imide groups is 1. The molecule has 0 radical (unpaired) electrons. The Hall–Kier alpha value is -3.16. The first-order valence-electron chi connectivity index (χ1n) is 10.5. The molecule has 0 aliphatic carbocycles. The van der Waals surface area contributed by atoms with Crippen molar-refractivity contribution in [2.24, 2.45) is 0 Å². The van der Waals surface area contributed by atoms with Gasteiger partial charge in [0.15, 0.2) is 0 Å². The summed E-state index contributed by atoms with van der Waals surface area (Å²) in [5.41, 5.74) is 1.52. The lowest BCUT2D eigenvalue weighted by molar-refractivity contribution is -0.148. The Bertz CT molecular complexity index is 1100. The fraction of sp³-hybridized carbons (Fsp3) is 0.478. The van der Waals surface area contributed by atoms with Crippen LogP contribution in [0.4, 0.5) is 4.79 Å². The molecular formula is C23H28N2O6. The molecule has 0 atom stereocenters. The average molecular weight is 428 g/mol. The number of hydrogen-bond acceptors (Lipinski definition) is 6. The minimum Gasteiger partial charge on any atom is -0.459 e. The molecule has 1 aliphatic heterocycles. The minimum atomic E-state index is -0.975. The van der Waals surface area contributed by atoms with Crippen molar-refractivity contribution in [2.75, 3.05) is 6.54 Å². The van der Waals surface area contributed by atoms with Crippen molar-refractivity contribution in [1.29, 1.82) is 0 Å². The summed E-state index contributed by atoms with van der Waals surface area (Å²) in [6, 6.07) is 4.44. The third-order valence-corrected chi connectivity index (χ3v) is 5.97. The zero-order valence-electron chi connectivity index (χ0n) is 18.5. The number of carbonyl (C=O) groups excluding carboxylic acids is 3. The van der Waals surface area contributed by atoms with E-state index in [9.17, 15) is 19.2 Å². The number of carbonyl (C=O) groups is 3. The van der Waals surface area contributed by atoms with Gasteiger partial charge in [-0.05, 0) is 48.9 Å². The summed E-state index contributed by atoms with van der Waals surface area (Å²) in [6.45, 7) is 9.05. The second kappa shape index (κ2) is 8.53. The molecule has 3 rings (SSSR count). The lowest BCUT2D eigenvalue weighted by Gasteiger charge is -2.22. The van der Waals surface area contributed by atoms with E-state index in [2.05, 4.69) is 19.2 Å². The highest BCUT2D eigenvalue weighted by Gasteiger charge is 2.49. The maximum Gasteiger partial charge on any atom is 0.336 e. The fourth-order valence-electron chi connectivity index (χ4n) is 4.01. The van der Waals surface area contributed by atoms with Crippen molar-refractivity contribution in [1.82, 2.24) is 10.2 Å². The highest BCUT2D eigenvalue weighted by Crippen LogP contribution is 2.28. The topological polar surface area (TPSA) is 106 Å². The fourth-order valence-corrected chi connectivity index (χ4v) is 4.01. The van der Waals surface area contributed by atoms with Crippen LogP contribution in [0.3, 0.4) is 0 Å². The van der Waals surface area contributed by atoms with Gasteiger partial charge in [0.05, 0.1) is 0 Å². The van der Waals surface area contributed by atoms with Crippen LogP contribution in [-0.4, -0.2) is 34.9 Å². The molecule has 1 aromatic carbocycles. The number of amides is 3. The van der Waals surface area contributed by atoms with E-state index in [0.29, 0.717) is 29.4 Å². The third kappa shape index (κ3) is 4.19. The Labute approximate surface area is 180 Å². The standard InChI is InChI=1S/C23H28N2O6/c1-6-23(7-2)21(28)25(22(29)24-23)11-20(27)30-12-15-9-19(26)31-18-8-14(5)16(13(3)4)10-17(15)18/h8-10,13H,6-7,11-12H2,1-5H3,(H,24,29). The van der Waals surface area contributed by atoms with Crippen molar-refractivity contribution in [3.05, 3.63) is 45.3 Å². The Balaban J connectivity index is 1.79. The van der Waals surface area contributed by atoms with Gasteiger partial charge in [0.1, 0.15) is 24.3 Å². The van der Waals surface area contributed by atoms with Crippen molar-refractivity contribution >= 4 is 28.9 Å². The van der Waals surface area contributed by atoms with Crippen LogP contribution in [0.15, 0.2) is 27.4 Å². The van der Waals surface area contributed by atoms with Crippen LogP contribution in [0.1, 0.15) is 63.1 Å². The second-order valence-electron chi connectivity index (χ2n) is 8.22. The first-order chi connectivity index (χ1) is 14.6. The molecule has 1 N–H and O–H groups in total. The second-order valence-corrected chi connectivity index (χ2v) is 8.22. The molecule has 166 valence electrons.